The zero-order valence-electron chi connectivity index (χ0n) is 18.7. The highest BCUT2D eigenvalue weighted by atomic mass is 19.4. The number of nitrogens with zero attached hydrogens (tertiary/aromatic N) is 3. The van der Waals surface area contributed by atoms with Crippen molar-refractivity contribution in [2.75, 3.05) is 25.4 Å². The summed E-state index contributed by atoms with van der Waals surface area (Å²) in [4.78, 5) is 26.0. The van der Waals surface area contributed by atoms with E-state index in [1.54, 1.807) is 16.5 Å². The zero-order chi connectivity index (χ0) is 24.9. The molecule has 34 heavy (non-hydrogen) atoms. The van der Waals surface area contributed by atoms with Gasteiger partial charge in [-0.25, -0.2) is 4.68 Å². The van der Waals surface area contributed by atoms with E-state index in [0.29, 0.717) is 44.3 Å². The van der Waals surface area contributed by atoms with Gasteiger partial charge in [-0.15, -0.1) is 0 Å². The quantitative estimate of drug-likeness (QED) is 0.642. The van der Waals surface area contributed by atoms with Gasteiger partial charge in [0.15, 0.2) is 6.61 Å². The molecule has 0 saturated carbocycles. The average Bonchev–Trinajstić information content (AvgIpc) is 3.09. The third-order valence-electron chi connectivity index (χ3n) is 5.52. The first-order chi connectivity index (χ1) is 16.1. The smallest absolute Gasteiger partial charge is 0.422 e. The molecule has 0 aliphatic carbocycles. The van der Waals surface area contributed by atoms with E-state index < -0.39 is 18.7 Å². The largest absolute Gasteiger partial charge is 0.484 e. The molecule has 2 heterocycles. The molecule has 1 aromatic heterocycles. The van der Waals surface area contributed by atoms with Crippen LogP contribution in [0.3, 0.4) is 0 Å². The second kappa shape index (κ2) is 10.5. The zero-order valence-corrected chi connectivity index (χ0v) is 18.7. The Morgan fingerprint density at radius 1 is 1.18 bits per heavy atom. The topological polar surface area (TPSA) is 116 Å². The van der Waals surface area contributed by atoms with Crippen molar-refractivity contribution in [2.24, 2.45) is 5.73 Å². The van der Waals surface area contributed by atoms with Gasteiger partial charge in [-0.2, -0.15) is 18.3 Å². The number of nitrogens with two attached hydrogens (primary N) is 2. The summed E-state index contributed by atoms with van der Waals surface area (Å²) in [5, 5.41) is 4.56. The van der Waals surface area contributed by atoms with Gasteiger partial charge in [0.25, 0.3) is 11.8 Å². The number of primary amides is 1. The number of likely N-dealkylation sites (tertiary alicyclic amines) is 1. The van der Waals surface area contributed by atoms with Gasteiger partial charge >= 0.3 is 6.18 Å². The first kappa shape index (κ1) is 25.0. The molecule has 0 bridgehead atoms. The van der Waals surface area contributed by atoms with E-state index >= 15 is 0 Å². The molecule has 0 unspecified atom stereocenters. The Labute approximate surface area is 195 Å². The Bertz CT molecular complexity index is 1090. The highest BCUT2D eigenvalue weighted by molar-refractivity contribution is 6.03. The number of carbonyl (C=O) groups is 2. The Kier molecular flexibility index (Phi) is 7.71. The summed E-state index contributed by atoms with van der Waals surface area (Å²) in [7, 11) is 0. The molecule has 2 aromatic rings. The minimum atomic E-state index is -4.45. The van der Waals surface area contributed by atoms with Crippen LogP contribution < -0.4 is 16.2 Å². The molecule has 0 radical (unpaired) electrons. The molecule has 3 rings (SSSR count). The van der Waals surface area contributed by atoms with Crippen molar-refractivity contribution >= 4 is 17.6 Å². The van der Waals surface area contributed by atoms with Crippen LogP contribution >= 0.6 is 0 Å². The van der Waals surface area contributed by atoms with Crippen molar-refractivity contribution in [1.29, 1.82) is 0 Å². The van der Waals surface area contributed by atoms with Crippen molar-refractivity contribution in [3.8, 4) is 28.8 Å². The van der Waals surface area contributed by atoms with Gasteiger partial charge < -0.3 is 21.1 Å². The summed E-state index contributed by atoms with van der Waals surface area (Å²) >= 11 is 0. The lowest BCUT2D eigenvalue weighted by Gasteiger charge is -2.27. The van der Waals surface area contributed by atoms with Crippen LogP contribution in [-0.4, -0.2) is 52.4 Å². The van der Waals surface area contributed by atoms with E-state index in [1.807, 2.05) is 0 Å². The maximum absolute atomic E-state index is 12.4. The number of nitrogen functional groups attached to an aromatic ring is 1. The number of rotatable bonds is 5. The van der Waals surface area contributed by atoms with E-state index in [4.69, 9.17) is 16.2 Å². The van der Waals surface area contributed by atoms with Gasteiger partial charge in [-0.1, -0.05) is 5.92 Å². The number of amides is 2. The summed E-state index contributed by atoms with van der Waals surface area (Å²) < 4.78 is 43.4. The van der Waals surface area contributed by atoms with Crippen LogP contribution in [0.2, 0.25) is 0 Å². The van der Waals surface area contributed by atoms with Gasteiger partial charge in [0.2, 0.25) is 0 Å². The third-order valence-corrected chi connectivity index (χ3v) is 5.52. The molecule has 1 fully saturated rings. The predicted octanol–water partition coefficient (Wildman–Crippen LogP) is 3.14. The van der Waals surface area contributed by atoms with Gasteiger partial charge in [-0.3, -0.25) is 9.59 Å². The number of halogens is 3. The number of hydrogen-bond donors (Lipinski definition) is 2. The van der Waals surface area contributed by atoms with Gasteiger partial charge in [0.1, 0.15) is 22.8 Å². The molecule has 1 aromatic carbocycles. The molecule has 11 heteroatoms. The van der Waals surface area contributed by atoms with Crippen LogP contribution in [0.4, 0.5) is 19.0 Å². The molecule has 182 valence electrons. The minimum Gasteiger partial charge on any atom is -0.484 e. The van der Waals surface area contributed by atoms with Gasteiger partial charge in [0.05, 0.1) is 6.04 Å². The lowest BCUT2D eigenvalue weighted by molar-refractivity contribution is -0.153. The number of hydrogen-bond acceptors (Lipinski definition) is 5. The number of anilines is 1. The molecule has 0 atom stereocenters. The molecule has 2 amide bonds. The molecule has 0 spiro atoms. The lowest BCUT2D eigenvalue weighted by Crippen LogP contribution is -2.34. The Morgan fingerprint density at radius 2 is 1.79 bits per heavy atom. The Morgan fingerprint density at radius 3 is 2.32 bits per heavy atom. The highest BCUT2D eigenvalue weighted by Gasteiger charge is 2.29. The second-order valence-electron chi connectivity index (χ2n) is 7.95. The van der Waals surface area contributed by atoms with Gasteiger partial charge in [-0.05, 0) is 62.8 Å². The maximum Gasteiger partial charge on any atom is 0.422 e. The summed E-state index contributed by atoms with van der Waals surface area (Å²) in [5.41, 5.74) is 12.6. The fraction of sp³-hybridized carbons (Fsp3) is 0.435. The fourth-order valence-electron chi connectivity index (χ4n) is 3.97. The van der Waals surface area contributed by atoms with Crippen molar-refractivity contribution < 1.29 is 27.5 Å². The van der Waals surface area contributed by atoms with E-state index in [2.05, 4.69) is 16.9 Å². The monoisotopic (exact) mass is 477 g/mol. The molecular weight excluding hydrogens is 451 g/mol. The predicted molar refractivity (Wildman–Crippen MR) is 120 cm³/mol. The number of carbonyl (C=O) groups excluding carboxylic acids is 2. The van der Waals surface area contributed by atoms with E-state index in [1.165, 1.54) is 24.3 Å². The minimum absolute atomic E-state index is 0.0287. The molecule has 4 N–H and O–H groups in total. The van der Waals surface area contributed by atoms with Gasteiger partial charge in [0, 0.05) is 18.7 Å². The fourth-order valence-corrected chi connectivity index (χ4v) is 3.97. The second-order valence-corrected chi connectivity index (χ2v) is 7.95. The lowest BCUT2D eigenvalue weighted by atomic mass is 10.0. The van der Waals surface area contributed by atoms with Crippen LogP contribution in [0.5, 0.6) is 5.75 Å². The molecular formula is C23H26F3N5O3. The number of benzene rings is 1. The first-order valence-corrected chi connectivity index (χ1v) is 10.8. The summed E-state index contributed by atoms with van der Waals surface area (Å²) in [5.74, 6) is 4.40. The maximum atomic E-state index is 12.4. The average molecular weight is 477 g/mol. The summed E-state index contributed by atoms with van der Waals surface area (Å²) in [6.07, 6.45) is -1.69. The van der Waals surface area contributed by atoms with Crippen LogP contribution in [0.15, 0.2) is 24.3 Å². The number of alkyl halides is 3. The molecule has 1 aliphatic heterocycles. The number of ether oxygens (including phenoxy) is 1. The van der Waals surface area contributed by atoms with Crippen LogP contribution in [-0.2, 0) is 4.79 Å². The van der Waals surface area contributed by atoms with E-state index in [9.17, 15) is 22.8 Å². The van der Waals surface area contributed by atoms with Crippen molar-refractivity contribution in [2.45, 2.75) is 44.8 Å². The summed E-state index contributed by atoms with van der Waals surface area (Å²) in [6, 6.07) is 5.63. The van der Waals surface area contributed by atoms with E-state index in [-0.39, 0.29) is 34.8 Å². The Hall–Kier alpha value is -3.68. The molecule has 8 nitrogen and oxygen atoms in total. The Balaban J connectivity index is 1.81. The van der Waals surface area contributed by atoms with Crippen molar-refractivity contribution in [3.63, 3.8) is 0 Å². The van der Waals surface area contributed by atoms with Crippen LogP contribution in [0, 0.1) is 11.8 Å². The highest BCUT2D eigenvalue weighted by Crippen LogP contribution is 2.33. The van der Waals surface area contributed by atoms with Crippen molar-refractivity contribution in [3.05, 3.63) is 29.8 Å². The number of aromatic nitrogens is 2. The third kappa shape index (κ3) is 6.01. The molecule has 1 aliphatic rings. The molecule has 1 saturated heterocycles. The SMILES string of the molecule is CC#CC(=O)N1CCCC(n2nc(-c3ccc(OCC(F)(F)F)cc3)c(C(N)=O)c2N)CCC1. The van der Waals surface area contributed by atoms with Crippen LogP contribution in [0.25, 0.3) is 11.3 Å². The normalized spacial score (nSPS) is 15.1. The standard InChI is InChI=1S/C23H26F3N5O3/c1-2-5-18(32)30-12-3-6-16(7-4-13-30)31-21(27)19(22(28)33)20(29-31)15-8-10-17(11-9-15)34-14-23(24,25)26/h8-11,16H,3-4,6-7,12-14,27H2,1H3,(H2,28,33). The van der Waals surface area contributed by atoms with E-state index in [0.717, 1.165) is 0 Å². The summed E-state index contributed by atoms with van der Waals surface area (Å²) in [6.45, 7) is 1.33. The van der Waals surface area contributed by atoms with Crippen molar-refractivity contribution in [1.82, 2.24) is 14.7 Å². The van der Waals surface area contributed by atoms with Crippen LogP contribution in [0.1, 0.15) is 49.0 Å². The first-order valence-electron chi connectivity index (χ1n) is 10.8.